The zero-order chi connectivity index (χ0) is 15.4. The van der Waals surface area contributed by atoms with Gasteiger partial charge >= 0.3 is 0 Å². The van der Waals surface area contributed by atoms with E-state index in [1.54, 1.807) is 25.3 Å². The van der Waals surface area contributed by atoms with Crippen molar-refractivity contribution in [3.05, 3.63) is 34.1 Å². The Morgan fingerprint density at radius 2 is 2.00 bits per heavy atom. The van der Waals surface area contributed by atoms with Crippen molar-refractivity contribution >= 4 is 17.2 Å². The Kier molecular flexibility index (Phi) is 5.74. The van der Waals surface area contributed by atoms with Crippen molar-refractivity contribution in [2.24, 2.45) is 0 Å². The molecule has 0 fully saturated rings. The lowest BCUT2D eigenvalue weighted by molar-refractivity contribution is 0.418. The largest absolute Gasteiger partial charge is 0.513 e. The number of allylic oxidation sites excluding steroid dienone is 1. The van der Waals surface area contributed by atoms with Crippen LogP contribution < -0.4 is 4.72 Å². The maximum absolute atomic E-state index is 11.7. The monoisotopic (exact) mass is 298 g/mol. The number of nitrogens with zero attached hydrogens (tertiary/aromatic N) is 1. The van der Waals surface area contributed by atoms with Gasteiger partial charge in [-0.3, -0.25) is 0 Å². The first kappa shape index (κ1) is 16.7. The topological polar surface area (TPSA) is 72.8 Å². The normalized spacial score (nSPS) is 13.8. The first-order chi connectivity index (χ1) is 9.23. The van der Waals surface area contributed by atoms with Crippen LogP contribution in [-0.2, 0) is 17.7 Å². The highest BCUT2D eigenvalue weighted by Crippen LogP contribution is 2.30. The van der Waals surface area contributed by atoms with Gasteiger partial charge in [0, 0.05) is 26.2 Å². The Morgan fingerprint density at radius 3 is 2.50 bits per heavy atom. The maximum Gasteiger partial charge on any atom is 0.169 e. The van der Waals surface area contributed by atoms with Crippen molar-refractivity contribution in [2.45, 2.75) is 27.3 Å². The van der Waals surface area contributed by atoms with Gasteiger partial charge in [-0.15, -0.1) is 0 Å². The molecule has 1 aromatic carbocycles. The van der Waals surface area contributed by atoms with Gasteiger partial charge in [-0.25, -0.2) is 13.2 Å². The molecule has 0 amide bonds. The minimum Gasteiger partial charge on any atom is -0.513 e. The molecule has 0 bridgehead atoms. The van der Waals surface area contributed by atoms with Gasteiger partial charge in [-0.2, -0.15) is 0 Å². The van der Waals surface area contributed by atoms with Crippen LogP contribution in [0.3, 0.4) is 0 Å². The lowest BCUT2D eigenvalue weighted by atomic mass is 9.97. The van der Waals surface area contributed by atoms with E-state index in [2.05, 4.69) is 4.72 Å². The van der Waals surface area contributed by atoms with Gasteiger partial charge < -0.3 is 10.2 Å². The van der Waals surface area contributed by atoms with E-state index in [1.165, 1.54) is 6.08 Å². The molecule has 6 heteroatoms. The standard InChI is InChI=1S/C14H22N2O3S/c1-9-6-10(2)14(18)12(7-11(3)17)13(9)8-15-20(19)16(4)5/h6-7,15,17-18H,8H2,1-5H3/b11-7-. The summed E-state index contributed by atoms with van der Waals surface area (Å²) < 4.78 is 16.1. The fourth-order valence-corrected chi connectivity index (χ4v) is 2.44. The summed E-state index contributed by atoms with van der Waals surface area (Å²) in [7, 11) is 3.42. The van der Waals surface area contributed by atoms with Gasteiger partial charge in [-0.1, -0.05) is 6.07 Å². The minimum absolute atomic E-state index is 0.111. The van der Waals surface area contributed by atoms with Crippen LogP contribution in [0, 0.1) is 13.8 Å². The first-order valence-corrected chi connectivity index (χ1v) is 7.36. The zero-order valence-corrected chi connectivity index (χ0v) is 13.3. The quantitative estimate of drug-likeness (QED) is 0.729. The summed E-state index contributed by atoms with van der Waals surface area (Å²) in [5.41, 5.74) is 3.09. The summed E-state index contributed by atoms with van der Waals surface area (Å²) in [4.78, 5) is 0. The van der Waals surface area contributed by atoms with Crippen LogP contribution in [0.5, 0.6) is 5.75 Å². The van der Waals surface area contributed by atoms with Crippen molar-refractivity contribution in [3.63, 3.8) is 0 Å². The maximum atomic E-state index is 11.7. The second-order valence-electron chi connectivity index (χ2n) is 4.92. The summed E-state index contributed by atoms with van der Waals surface area (Å²) in [6.07, 6.45) is 1.52. The van der Waals surface area contributed by atoms with E-state index in [0.29, 0.717) is 12.1 Å². The third-order valence-electron chi connectivity index (χ3n) is 2.92. The smallest absolute Gasteiger partial charge is 0.169 e. The number of aliphatic hydroxyl groups is 1. The molecule has 0 saturated carbocycles. The molecule has 0 heterocycles. The van der Waals surface area contributed by atoms with E-state index < -0.39 is 11.2 Å². The average Bonchev–Trinajstić information content (AvgIpc) is 2.34. The van der Waals surface area contributed by atoms with Crippen LogP contribution in [0.2, 0.25) is 0 Å². The molecule has 1 aromatic rings. The molecule has 0 aliphatic rings. The van der Waals surface area contributed by atoms with Gasteiger partial charge in [0.05, 0.1) is 5.76 Å². The third-order valence-corrected chi connectivity index (χ3v) is 3.97. The van der Waals surface area contributed by atoms with Gasteiger partial charge in [-0.05, 0) is 43.5 Å². The SMILES string of the molecule is C/C(O)=C/c1c(O)c(C)cc(C)c1CNS(=O)N(C)C. The summed E-state index contributed by atoms with van der Waals surface area (Å²) in [5.74, 6) is 0.247. The number of phenols is 1. The Labute approximate surface area is 122 Å². The highest BCUT2D eigenvalue weighted by atomic mass is 32.2. The first-order valence-electron chi connectivity index (χ1n) is 6.26. The molecule has 0 aliphatic carbocycles. The third kappa shape index (κ3) is 4.06. The van der Waals surface area contributed by atoms with E-state index in [1.807, 2.05) is 19.9 Å². The highest BCUT2D eigenvalue weighted by molar-refractivity contribution is 7.80. The van der Waals surface area contributed by atoms with Crippen molar-refractivity contribution in [1.82, 2.24) is 9.03 Å². The van der Waals surface area contributed by atoms with Gasteiger partial charge in [0.2, 0.25) is 0 Å². The van der Waals surface area contributed by atoms with E-state index in [0.717, 1.165) is 16.7 Å². The molecular formula is C14H22N2O3S. The van der Waals surface area contributed by atoms with Crippen LogP contribution in [0.25, 0.3) is 6.08 Å². The number of rotatable bonds is 5. The Bertz CT molecular complexity index is 550. The predicted octanol–water partition coefficient (Wildman–Crippen LogP) is 2.16. The molecule has 112 valence electrons. The predicted molar refractivity (Wildman–Crippen MR) is 82.5 cm³/mol. The van der Waals surface area contributed by atoms with E-state index >= 15 is 0 Å². The van der Waals surface area contributed by atoms with Crippen LogP contribution in [0.1, 0.15) is 29.2 Å². The van der Waals surface area contributed by atoms with Gasteiger partial charge in [0.15, 0.2) is 11.2 Å². The molecule has 0 spiro atoms. The lowest BCUT2D eigenvalue weighted by Crippen LogP contribution is -2.29. The lowest BCUT2D eigenvalue weighted by Gasteiger charge is -2.16. The molecule has 1 rings (SSSR count). The minimum atomic E-state index is -1.29. The number of nitrogens with one attached hydrogen (secondary N) is 1. The number of phenolic OH excluding ortho intramolecular Hbond substituents is 1. The molecule has 1 atom stereocenters. The molecular weight excluding hydrogens is 276 g/mol. The van der Waals surface area contributed by atoms with Crippen LogP contribution >= 0.6 is 0 Å². The van der Waals surface area contributed by atoms with Crippen LogP contribution in [0.4, 0.5) is 0 Å². The van der Waals surface area contributed by atoms with E-state index in [9.17, 15) is 14.4 Å². The number of aromatic hydroxyl groups is 1. The van der Waals surface area contributed by atoms with E-state index in [4.69, 9.17) is 0 Å². The Balaban J connectivity index is 3.20. The van der Waals surface area contributed by atoms with Gasteiger partial charge in [0.1, 0.15) is 5.75 Å². The van der Waals surface area contributed by atoms with Crippen molar-refractivity contribution < 1.29 is 14.4 Å². The molecule has 0 radical (unpaired) electrons. The zero-order valence-electron chi connectivity index (χ0n) is 12.5. The molecule has 0 aromatic heterocycles. The molecule has 0 aliphatic heterocycles. The Hall–Kier alpha value is -1.37. The summed E-state index contributed by atoms with van der Waals surface area (Å²) in [6.45, 7) is 5.61. The van der Waals surface area contributed by atoms with Crippen molar-refractivity contribution in [2.75, 3.05) is 14.1 Å². The van der Waals surface area contributed by atoms with E-state index in [-0.39, 0.29) is 11.5 Å². The molecule has 1 unspecified atom stereocenters. The second-order valence-corrected chi connectivity index (χ2v) is 6.44. The van der Waals surface area contributed by atoms with Crippen LogP contribution in [0.15, 0.2) is 11.8 Å². The molecule has 20 heavy (non-hydrogen) atoms. The molecule has 3 N–H and O–H groups in total. The number of aryl methyl sites for hydroxylation is 2. The van der Waals surface area contributed by atoms with Gasteiger partial charge in [0.25, 0.3) is 0 Å². The average molecular weight is 298 g/mol. The fourth-order valence-electron chi connectivity index (χ4n) is 1.91. The number of aliphatic hydroxyl groups excluding tert-OH is 1. The molecule has 0 saturated heterocycles. The second kappa shape index (κ2) is 6.88. The van der Waals surface area contributed by atoms with Crippen molar-refractivity contribution in [3.8, 4) is 5.75 Å². The highest BCUT2D eigenvalue weighted by Gasteiger charge is 2.13. The number of hydrogen-bond donors (Lipinski definition) is 3. The number of hydrogen-bond acceptors (Lipinski definition) is 3. The fraction of sp³-hybridized carbons (Fsp3) is 0.429. The van der Waals surface area contributed by atoms with Crippen LogP contribution in [-0.4, -0.2) is 32.8 Å². The summed E-state index contributed by atoms with van der Waals surface area (Å²) in [6, 6.07) is 1.87. The molecule has 5 nitrogen and oxygen atoms in total. The summed E-state index contributed by atoms with van der Waals surface area (Å²) >= 11 is -1.29. The van der Waals surface area contributed by atoms with Crippen molar-refractivity contribution in [1.29, 1.82) is 0 Å². The summed E-state index contributed by atoms with van der Waals surface area (Å²) in [5, 5.41) is 19.6. The Morgan fingerprint density at radius 1 is 1.40 bits per heavy atom. The number of benzene rings is 1.